The Morgan fingerprint density at radius 3 is 2.39 bits per heavy atom. The molecule has 0 bridgehead atoms. The number of methoxy groups -OCH3 is 1. The highest BCUT2D eigenvalue weighted by Gasteiger charge is 2.15. The SMILES string of the molecule is COCC(N)CN(C)C(=O)c1cc(C)cc(C)c1. The molecule has 1 amide bonds. The first kappa shape index (κ1) is 14.7. The van der Waals surface area contributed by atoms with Crippen molar-refractivity contribution in [2.45, 2.75) is 19.9 Å². The zero-order valence-electron chi connectivity index (χ0n) is 11.6. The van der Waals surface area contributed by atoms with Crippen molar-refractivity contribution in [2.75, 3.05) is 27.3 Å². The molecule has 1 aromatic carbocycles. The Morgan fingerprint density at radius 2 is 1.89 bits per heavy atom. The number of hydrogen-bond donors (Lipinski definition) is 1. The monoisotopic (exact) mass is 250 g/mol. The smallest absolute Gasteiger partial charge is 0.253 e. The Balaban J connectivity index is 2.74. The summed E-state index contributed by atoms with van der Waals surface area (Å²) in [6.07, 6.45) is 0. The van der Waals surface area contributed by atoms with Crippen LogP contribution >= 0.6 is 0 Å². The summed E-state index contributed by atoms with van der Waals surface area (Å²) < 4.78 is 4.97. The second-order valence-corrected chi connectivity index (χ2v) is 4.78. The summed E-state index contributed by atoms with van der Waals surface area (Å²) in [7, 11) is 3.36. The Morgan fingerprint density at radius 1 is 1.33 bits per heavy atom. The highest BCUT2D eigenvalue weighted by Crippen LogP contribution is 2.11. The molecule has 1 aromatic rings. The maximum atomic E-state index is 12.2. The lowest BCUT2D eigenvalue weighted by Crippen LogP contribution is -2.41. The predicted molar refractivity (Wildman–Crippen MR) is 72.7 cm³/mol. The van der Waals surface area contributed by atoms with Gasteiger partial charge in [0.1, 0.15) is 0 Å². The molecular weight excluding hydrogens is 228 g/mol. The summed E-state index contributed by atoms with van der Waals surface area (Å²) in [5, 5.41) is 0. The van der Waals surface area contributed by atoms with Crippen LogP contribution in [0.25, 0.3) is 0 Å². The quantitative estimate of drug-likeness (QED) is 0.858. The van der Waals surface area contributed by atoms with Gasteiger partial charge in [-0.1, -0.05) is 17.2 Å². The molecule has 0 radical (unpaired) electrons. The second kappa shape index (κ2) is 6.52. The fraction of sp³-hybridized carbons (Fsp3) is 0.500. The molecule has 0 aromatic heterocycles. The van der Waals surface area contributed by atoms with E-state index in [4.69, 9.17) is 10.5 Å². The third-order valence-corrected chi connectivity index (χ3v) is 2.70. The summed E-state index contributed by atoms with van der Waals surface area (Å²) in [6, 6.07) is 5.68. The molecule has 0 fully saturated rings. The number of ether oxygens (including phenoxy) is 1. The van der Waals surface area contributed by atoms with Crippen LogP contribution in [0.5, 0.6) is 0 Å². The predicted octanol–water partition coefficient (Wildman–Crippen LogP) is 1.35. The van der Waals surface area contributed by atoms with Crippen molar-refractivity contribution >= 4 is 5.91 Å². The summed E-state index contributed by atoms with van der Waals surface area (Å²) in [6.45, 7) is 4.91. The highest BCUT2D eigenvalue weighted by molar-refractivity contribution is 5.94. The third kappa shape index (κ3) is 4.13. The summed E-state index contributed by atoms with van der Waals surface area (Å²) in [4.78, 5) is 13.9. The van der Waals surface area contributed by atoms with Crippen LogP contribution in [0.4, 0.5) is 0 Å². The standard InChI is InChI=1S/C14H22N2O2/c1-10-5-11(2)7-12(6-10)14(17)16(3)8-13(15)9-18-4/h5-7,13H,8-9,15H2,1-4H3. The summed E-state index contributed by atoms with van der Waals surface area (Å²) in [5.74, 6) is -0.00615. The molecule has 0 saturated carbocycles. The number of carbonyl (C=O) groups excluding carboxylic acids is 1. The van der Waals surface area contributed by atoms with Crippen molar-refractivity contribution in [2.24, 2.45) is 5.73 Å². The van der Waals surface area contributed by atoms with Gasteiger partial charge in [0, 0.05) is 32.3 Å². The number of aryl methyl sites for hydroxylation is 2. The molecule has 0 aliphatic carbocycles. The molecule has 0 spiro atoms. The second-order valence-electron chi connectivity index (χ2n) is 4.78. The van der Waals surface area contributed by atoms with E-state index in [9.17, 15) is 4.79 Å². The number of amides is 1. The minimum atomic E-state index is -0.158. The summed E-state index contributed by atoms with van der Waals surface area (Å²) >= 11 is 0. The number of nitrogens with two attached hydrogens (primary N) is 1. The van der Waals surface area contributed by atoms with E-state index >= 15 is 0 Å². The van der Waals surface area contributed by atoms with Crippen LogP contribution in [-0.4, -0.2) is 44.2 Å². The molecular formula is C14H22N2O2. The van der Waals surface area contributed by atoms with E-state index in [1.165, 1.54) is 0 Å². The zero-order valence-corrected chi connectivity index (χ0v) is 11.6. The van der Waals surface area contributed by atoms with E-state index in [1.54, 1.807) is 19.1 Å². The molecule has 0 heterocycles. The van der Waals surface area contributed by atoms with Gasteiger partial charge in [-0.25, -0.2) is 0 Å². The highest BCUT2D eigenvalue weighted by atomic mass is 16.5. The van der Waals surface area contributed by atoms with E-state index in [-0.39, 0.29) is 11.9 Å². The van der Waals surface area contributed by atoms with E-state index in [0.717, 1.165) is 11.1 Å². The van der Waals surface area contributed by atoms with Gasteiger partial charge >= 0.3 is 0 Å². The summed E-state index contributed by atoms with van der Waals surface area (Å²) in [5.41, 5.74) is 8.73. The van der Waals surface area contributed by atoms with Gasteiger partial charge in [0.2, 0.25) is 0 Å². The molecule has 0 saturated heterocycles. The van der Waals surface area contributed by atoms with Crippen molar-refractivity contribution in [3.05, 3.63) is 34.9 Å². The number of nitrogens with zero attached hydrogens (tertiary/aromatic N) is 1. The average Bonchev–Trinajstić information content (AvgIpc) is 2.26. The lowest BCUT2D eigenvalue weighted by Gasteiger charge is -2.21. The molecule has 0 aliphatic heterocycles. The third-order valence-electron chi connectivity index (χ3n) is 2.70. The molecule has 0 aliphatic rings. The molecule has 1 atom stereocenters. The van der Waals surface area contributed by atoms with Gasteiger partial charge in [-0.15, -0.1) is 0 Å². The molecule has 100 valence electrons. The largest absolute Gasteiger partial charge is 0.383 e. The number of carbonyl (C=O) groups is 1. The minimum absolute atomic E-state index is 0.00615. The number of rotatable bonds is 5. The Hall–Kier alpha value is -1.39. The molecule has 4 heteroatoms. The van der Waals surface area contributed by atoms with E-state index < -0.39 is 0 Å². The van der Waals surface area contributed by atoms with Crippen LogP contribution in [0.1, 0.15) is 21.5 Å². The Labute approximate surface area is 109 Å². The maximum Gasteiger partial charge on any atom is 0.253 e. The maximum absolute atomic E-state index is 12.2. The first-order valence-electron chi connectivity index (χ1n) is 6.02. The van der Waals surface area contributed by atoms with Crippen molar-refractivity contribution in [3.8, 4) is 0 Å². The van der Waals surface area contributed by atoms with Crippen LogP contribution < -0.4 is 5.73 Å². The van der Waals surface area contributed by atoms with Gasteiger partial charge in [0.25, 0.3) is 5.91 Å². The molecule has 1 unspecified atom stereocenters. The van der Waals surface area contributed by atoms with Crippen molar-refractivity contribution in [1.82, 2.24) is 4.90 Å². The van der Waals surface area contributed by atoms with Crippen LogP contribution in [-0.2, 0) is 4.74 Å². The van der Waals surface area contributed by atoms with Crippen LogP contribution in [0.15, 0.2) is 18.2 Å². The Kier molecular flexibility index (Phi) is 5.31. The lowest BCUT2D eigenvalue weighted by atomic mass is 10.1. The van der Waals surface area contributed by atoms with E-state index in [0.29, 0.717) is 18.7 Å². The first-order chi connectivity index (χ1) is 8.43. The van der Waals surface area contributed by atoms with Crippen LogP contribution in [0, 0.1) is 13.8 Å². The van der Waals surface area contributed by atoms with Gasteiger partial charge in [0.15, 0.2) is 0 Å². The number of hydrogen-bond acceptors (Lipinski definition) is 3. The van der Waals surface area contributed by atoms with Crippen molar-refractivity contribution in [3.63, 3.8) is 0 Å². The molecule has 18 heavy (non-hydrogen) atoms. The van der Waals surface area contributed by atoms with Gasteiger partial charge in [-0.2, -0.15) is 0 Å². The van der Waals surface area contributed by atoms with Gasteiger partial charge < -0.3 is 15.4 Å². The number of likely N-dealkylation sites (N-methyl/N-ethyl adjacent to an activating group) is 1. The fourth-order valence-corrected chi connectivity index (χ4v) is 2.02. The van der Waals surface area contributed by atoms with Crippen molar-refractivity contribution < 1.29 is 9.53 Å². The Bertz CT molecular complexity index is 398. The van der Waals surface area contributed by atoms with E-state index in [2.05, 4.69) is 0 Å². The van der Waals surface area contributed by atoms with Crippen LogP contribution in [0.3, 0.4) is 0 Å². The molecule has 2 N–H and O–H groups in total. The van der Waals surface area contributed by atoms with Gasteiger partial charge in [-0.05, 0) is 26.0 Å². The topological polar surface area (TPSA) is 55.6 Å². The lowest BCUT2D eigenvalue weighted by molar-refractivity contribution is 0.0764. The number of benzene rings is 1. The molecule has 4 nitrogen and oxygen atoms in total. The van der Waals surface area contributed by atoms with Crippen molar-refractivity contribution in [1.29, 1.82) is 0 Å². The van der Waals surface area contributed by atoms with Gasteiger partial charge in [0.05, 0.1) is 6.61 Å². The van der Waals surface area contributed by atoms with E-state index in [1.807, 2.05) is 32.0 Å². The first-order valence-corrected chi connectivity index (χ1v) is 6.02. The fourth-order valence-electron chi connectivity index (χ4n) is 2.02. The normalized spacial score (nSPS) is 12.3. The average molecular weight is 250 g/mol. The van der Waals surface area contributed by atoms with Gasteiger partial charge in [-0.3, -0.25) is 4.79 Å². The van der Waals surface area contributed by atoms with Crippen LogP contribution in [0.2, 0.25) is 0 Å². The molecule has 1 rings (SSSR count). The zero-order chi connectivity index (χ0) is 13.7. The minimum Gasteiger partial charge on any atom is -0.383 e.